The van der Waals surface area contributed by atoms with Gasteiger partial charge in [0.05, 0.1) is 12.0 Å². The van der Waals surface area contributed by atoms with E-state index in [1.807, 2.05) is 17.5 Å². The number of aliphatic carboxylic acids is 1. The SMILES string of the molecule is CC(C)(CC(=O)NCc1cccs1)C(=O)O. The average molecular weight is 241 g/mol. The van der Waals surface area contributed by atoms with Crippen LogP contribution < -0.4 is 5.32 Å². The third-order valence-corrected chi connectivity index (χ3v) is 3.10. The highest BCUT2D eigenvalue weighted by molar-refractivity contribution is 7.09. The quantitative estimate of drug-likeness (QED) is 0.827. The zero-order valence-electron chi connectivity index (χ0n) is 9.32. The van der Waals surface area contributed by atoms with Gasteiger partial charge in [0.25, 0.3) is 0 Å². The first-order valence-electron chi connectivity index (χ1n) is 4.94. The zero-order chi connectivity index (χ0) is 12.2. The van der Waals surface area contributed by atoms with Crippen molar-refractivity contribution < 1.29 is 14.7 Å². The maximum absolute atomic E-state index is 11.5. The lowest BCUT2D eigenvalue weighted by atomic mass is 9.89. The highest BCUT2D eigenvalue weighted by Gasteiger charge is 2.29. The van der Waals surface area contributed by atoms with Crippen molar-refractivity contribution in [1.82, 2.24) is 5.32 Å². The summed E-state index contributed by atoms with van der Waals surface area (Å²) in [6.45, 7) is 3.55. The fraction of sp³-hybridized carbons (Fsp3) is 0.455. The molecule has 0 saturated heterocycles. The number of carboxylic acid groups (broad SMARTS) is 1. The highest BCUT2D eigenvalue weighted by atomic mass is 32.1. The average Bonchev–Trinajstić information content (AvgIpc) is 2.66. The molecule has 0 fully saturated rings. The van der Waals surface area contributed by atoms with Crippen molar-refractivity contribution >= 4 is 23.2 Å². The van der Waals surface area contributed by atoms with Crippen LogP contribution in [0.25, 0.3) is 0 Å². The summed E-state index contributed by atoms with van der Waals surface area (Å²) in [6, 6.07) is 3.83. The molecule has 5 heteroatoms. The second-order valence-corrected chi connectivity index (χ2v) is 5.25. The van der Waals surface area contributed by atoms with E-state index in [0.717, 1.165) is 4.88 Å². The maximum Gasteiger partial charge on any atom is 0.309 e. The number of thiophene rings is 1. The summed E-state index contributed by atoms with van der Waals surface area (Å²) in [6.07, 6.45) is -0.00624. The summed E-state index contributed by atoms with van der Waals surface area (Å²) in [5.74, 6) is -1.19. The molecule has 1 amide bonds. The van der Waals surface area contributed by atoms with Crippen LogP contribution in [0.3, 0.4) is 0 Å². The number of hydrogen-bond acceptors (Lipinski definition) is 3. The van der Waals surface area contributed by atoms with E-state index in [2.05, 4.69) is 5.32 Å². The van der Waals surface area contributed by atoms with Crippen LogP contribution >= 0.6 is 11.3 Å². The van der Waals surface area contributed by atoms with Gasteiger partial charge < -0.3 is 10.4 Å². The first-order chi connectivity index (χ1) is 7.42. The molecule has 0 bridgehead atoms. The van der Waals surface area contributed by atoms with Crippen LogP contribution in [0.15, 0.2) is 17.5 Å². The van der Waals surface area contributed by atoms with E-state index in [-0.39, 0.29) is 12.3 Å². The maximum atomic E-state index is 11.5. The van der Waals surface area contributed by atoms with Gasteiger partial charge in [-0.25, -0.2) is 0 Å². The van der Waals surface area contributed by atoms with Crippen LogP contribution in [0.2, 0.25) is 0 Å². The molecule has 1 aromatic heterocycles. The Morgan fingerprint density at radius 3 is 2.69 bits per heavy atom. The van der Waals surface area contributed by atoms with E-state index in [1.54, 1.807) is 25.2 Å². The Hall–Kier alpha value is -1.36. The Bertz CT molecular complexity index is 371. The Labute approximate surface area is 98.3 Å². The molecular formula is C11H15NO3S. The first kappa shape index (κ1) is 12.7. The Balaban J connectivity index is 2.39. The number of rotatable bonds is 5. The molecule has 0 atom stereocenters. The molecule has 88 valence electrons. The lowest BCUT2D eigenvalue weighted by Crippen LogP contribution is -2.32. The number of nitrogens with one attached hydrogen (secondary N) is 1. The topological polar surface area (TPSA) is 66.4 Å². The van der Waals surface area contributed by atoms with E-state index in [4.69, 9.17) is 5.11 Å². The van der Waals surface area contributed by atoms with Crippen molar-refractivity contribution in [3.8, 4) is 0 Å². The molecule has 0 radical (unpaired) electrons. The predicted molar refractivity (Wildman–Crippen MR) is 62.2 cm³/mol. The standard InChI is InChI=1S/C11H15NO3S/c1-11(2,10(14)15)6-9(13)12-7-8-4-3-5-16-8/h3-5H,6-7H2,1-2H3,(H,12,13)(H,14,15). The molecular weight excluding hydrogens is 226 g/mol. The number of hydrogen-bond donors (Lipinski definition) is 2. The van der Waals surface area contributed by atoms with E-state index >= 15 is 0 Å². The number of amides is 1. The van der Waals surface area contributed by atoms with Crippen LogP contribution in [-0.2, 0) is 16.1 Å². The van der Waals surface area contributed by atoms with Gasteiger partial charge in [0.2, 0.25) is 5.91 Å². The second kappa shape index (κ2) is 5.12. The lowest BCUT2D eigenvalue weighted by Gasteiger charge is -2.17. The Morgan fingerprint density at radius 2 is 2.19 bits per heavy atom. The van der Waals surface area contributed by atoms with Gasteiger partial charge >= 0.3 is 5.97 Å². The molecule has 16 heavy (non-hydrogen) atoms. The van der Waals surface area contributed by atoms with E-state index < -0.39 is 11.4 Å². The van der Waals surface area contributed by atoms with E-state index in [1.165, 1.54) is 0 Å². The zero-order valence-corrected chi connectivity index (χ0v) is 10.1. The van der Waals surface area contributed by atoms with Gasteiger partial charge in [-0.3, -0.25) is 9.59 Å². The van der Waals surface area contributed by atoms with Crippen LogP contribution in [0.5, 0.6) is 0 Å². The summed E-state index contributed by atoms with van der Waals surface area (Å²) in [5, 5.41) is 13.5. The van der Waals surface area contributed by atoms with Crippen molar-refractivity contribution in [2.24, 2.45) is 5.41 Å². The molecule has 1 heterocycles. The molecule has 0 unspecified atom stereocenters. The molecule has 1 rings (SSSR count). The van der Waals surface area contributed by atoms with Gasteiger partial charge in [0.15, 0.2) is 0 Å². The van der Waals surface area contributed by atoms with Crippen molar-refractivity contribution in [2.45, 2.75) is 26.8 Å². The van der Waals surface area contributed by atoms with Gasteiger partial charge in [0.1, 0.15) is 0 Å². The summed E-state index contributed by atoms with van der Waals surface area (Å²) in [4.78, 5) is 23.4. The molecule has 4 nitrogen and oxygen atoms in total. The molecule has 0 saturated carbocycles. The molecule has 0 aliphatic carbocycles. The van der Waals surface area contributed by atoms with Gasteiger partial charge in [-0.05, 0) is 25.3 Å². The second-order valence-electron chi connectivity index (χ2n) is 4.22. The van der Waals surface area contributed by atoms with E-state index in [0.29, 0.717) is 6.54 Å². The van der Waals surface area contributed by atoms with Gasteiger partial charge in [-0.15, -0.1) is 11.3 Å². The number of carboxylic acids is 1. The highest BCUT2D eigenvalue weighted by Crippen LogP contribution is 2.20. The van der Waals surface area contributed by atoms with Crippen molar-refractivity contribution in [3.05, 3.63) is 22.4 Å². The molecule has 0 spiro atoms. The van der Waals surface area contributed by atoms with Gasteiger partial charge in [-0.2, -0.15) is 0 Å². The molecule has 2 N–H and O–H groups in total. The Morgan fingerprint density at radius 1 is 1.50 bits per heavy atom. The van der Waals surface area contributed by atoms with Crippen LogP contribution in [0.1, 0.15) is 25.1 Å². The minimum atomic E-state index is -1.01. The van der Waals surface area contributed by atoms with Crippen LogP contribution in [0, 0.1) is 5.41 Å². The first-order valence-corrected chi connectivity index (χ1v) is 5.82. The fourth-order valence-corrected chi connectivity index (χ4v) is 1.78. The third kappa shape index (κ3) is 3.66. The summed E-state index contributed by atoms with van der Waals surface area (Å²) in [7, 11) is 0. The van der Waals surface area contributed by atoms with Crippen molar-refractivity contribution in [3.63, 3.8) is 0 Å². The lowest BCUT2D eigenvalue weighted by molar-refractivity contribution is -0.149. The predicted octanol–water partition coefficient (Wildman–Crippen LogP) is 1.87. The Kier molecular flexibility index (Phi) is 4.06. The number of carbonyl (C=O) groups is 2. The largest absolute Gasteiger partial charge is 0.481 e. The van der Waals surface area contributed by atoms with Crippen LogP contribution in [-0.4, -0.2) is 17.0 Å². The molecule has 0 aromatic carbocycles. The number of carbonyl (C=O) groups excluding carboxylic acids is 1. The molecule has 0 aliphatic heterocycles. The minimum absolute atomic E-state index is 0.00624. The summed E-state index contributed by atoms with van der Waals surface area (Å²) >= 11 is 1.56. The molecule has 1 aromatic rings. The fourth-order valence-electron chi connectivity index (χ4n) is 1.14. The normalized spacial score (nSPS) is 11.1. The van der Waals surface area contributed by atoms with E-state index in [9.17, 15) is 9.59 Å². The summed E-state index contributed by atoms with van der Waals surface area (Å²) < 4.78 is 0. The smallest absolute Gasteiger partial charge is 0.309 e. The van der Waals surface area contributed by atoms with Crippen molar-refractivity contribution in [1.29, 1.82) is 0 Å². The molecule has 0 aliphatic rings. The monoisotopic (exact) mass is 241 g/mol. The minimum Gasteiger partial charge on any atom is -0.481 e. The van der Waals surface area contributed by atoms with Crippen LogP contribution in [0.4, 0.5) is 0 Å². The van der Waals surface area contributed by atoms with Gasteiger partial charge in [0, 0.05) is 11.3 Å². The van der Waals surface area contributed by atoms with Gasteiger partial charge in [-0.1, -0.05) is 6.07 Å². The van der Waals surface area contributed by atoms with Crippen molar-refractivity contribution in [2.75, 3.05) is 0 Å². The summed E-state index contributed by atoms with van der Waals surface area (Å²) in [5.41, 5.74) is -1.01. The third-order valence-electron chi connectivity index (χ3n) is 2.22.